The van der Waals surface area contributed by atoms with Gasteiger partial charge in [0.05, 0.1) is 25.7 Å². The minimum Gasteiger partial charge on any atom is -0.495 e. The van der Waals surface area contributed by atoms with Crippen LogP contribution in [0.2, 0.25) is 5.02 Å². The van der Waals surface area contributed by atoms with Crippen LogP contribution in [-0.2, 0) is 14.3 Å². The van der Waals surface area contributed by atoms with Gasteiger partial charge in [-0.25, -0.2) is 0 Å². The molecule has 0 spiro atoms. The van der Waals surface area contributed by atoms with E-state index in [2.05, 4.69) is 4.74 Å². The smallest absolute Gasteiger partial charge is 0.306 e. The lowest BCUT2D eigenvalue weighted by Gasteiger charge is -2.35. The summed E-state index contributed by atoms with van der Waals surface area (Å²) in [6.07, 6.45) is 0.188. The normalized spacial score (nSPS) is 14.2. The van der Waals surface area contributed by atoms with Gasteiger partial charge in [0.1, 0.15) is 5.75 Å². The number of carbonyl (C=O) groups is 3. The lowest BCUT2D eigenvalue weighted by molar-refractivity contribution is -0.143. The highest BCUT2D eigenvalue weighted by atomic mass is 35.5. The van der Waals surface area contributed by atoms with Crippen molar-refractivity contribution in [3.63, 3.8) is 0 Å². The van der Waals surface area contributed by atoms with Crippen molar-refractivity contribution >= 4 is 29.4 Å². The van der Waals surface area contributed by atoms with E-state index >= 15 is 0 Å². The van der Waals surface area contributed by atoms with Gasteiger partial charge in [-0.05, 0) is 18.2 Å². The van der Waals surface area contributed by atoms with Crippen LogP contribution in [0.25, 0.3) is 0 Å². The first-order valence-electron chi connectivity index (χ1n) is 7.93. The second kappa shape index (κ2) is 8.71. The van der Waals surface area contributed by atoms with Gasteiger partial charge >= 0.3 is 5.97 Å². The first-order valence-corrected chi connectivity index (χ1v) is 8.31. The van der Waals surface area contributed by atoms with Gasteiger partial charge in [0.15, 0.2) is 0 Å². The van der Waals surface area contributed by atoms with Crippen LogP contribution < -0.4 is 4.74 Å². The summed E-state index contributed by atoms with van der Waals surface area (Å²) < 4.78 is 9.61. The topological polar surface area (TPSA) is 76.2 Å². The molecule has 0 N–H and O–H groups in total. The summed E-state index contributed by atoms with van der Waals surface area (Å²) in [5.41, 5.74) is 0.483. The fraction of sp³-hybridized carbons (Fsp3) is 0.471. The maximum absolute atomic E-state index is 12.5. The van der Waals surface area contributed by atoms with Gasteiger partial charge < -0.3 is 19.3 Å². The molecule has 136 valence electrons. The molecule has 1 saturated heterocycles. The van der Waals surface area contributed by atoms with E-state index in [0.717, 1.165) is 0 Å². The average Bonchev–Trinajstić information content (AvgIpc) is 2.65. The molecule has 25 heavy (non-hydrogen) atoms. The van der Waals surface area contributed by atoms with Crippen molar-refractivity contribution in [1.29, 1.82) is 0 Å². The second-order valence-corrected chi connectivity index (χ2v) is 6.01. The highest BCUT2D eigenvalue weighted by molar-refractivity contribution is 6.32. The zero-order valence-electron chi connectivity index (χ0n) is 14.3. The number of hydrogen-bond donors (Lipinski definition) is 0. The number of halogens is 1. The highest BCUT2D eigenvalue weighted by Crippen LogP contribution is 2.25. The number of carbonyl (C=O) groups excluding carboxylic acids is 3. The number of ether oxygens (including phenoxy) is 2. The molecule has 1 aliphatic rings. The number of benzene rings is 1. The molecule has 0 saturated carbocycles. The Morgan fingerprint density at radius 2 is 1.68 bits per heavy atom. The third-order valence-electron chi connectivity index (χ3n) is 4.09. The summed E-state index contributed by atoms with van der Waals surface area (Å²) in [5, 5.41) is 0.380. The zero-order chi connectivity index (χ0) is 18.4. The predicted octanol–water partition coefficient (Wildman–Crippen LogP) is 1.59. The van der Waals surface area contributed by atoms with Gasteiger partial charge in [0, 0.05) is 38.2 Å². The van der Waals surface area contributed by atoms with Crippen LogP contribution in [0, 0.1) is 0 Å². The molecule has 0 radical (unpaired) electrons. The summed E-state index contributed by atoms with van der Waals surface area (Å²) in [4.78, 5) is 39.1. The van der Waals surface area contributed by atoms with Gasteiger partial charge in [-0.1, -0.05) is 11.6 Å². The van der Waals surface area contributed by atoms with Gasteiger partial charge in [-0.2, -0.15) is 0 Å². The fourth-order valence-corrected chi connectivity index (χ4v) is 2.87. The van der Waals surface area contributed by atoms with Crippen LogP contribution in [0.15, 0.2) is 18.2 Å². The van der Waals surface area contributed by atoms with Crippen molar-refractivity contribution in [3.8, 4) is 5.75 Å². The molecule has 2 rings (SSSR count). The van der Waals surface area contributed by atoms with E-state index in [1.165, 1.54) is 14.2 Å². The largest absolute Gasteiger partial charge is 0.495 e. The van der Waals surface area contributed by atoms with Gasteiger partial charge in [0.2, 0.25) is 5.91 Å². The van der Waals surface area contributed by atoms with Crippen molar-refractivity contribution in [2.24, 2.45) is 0 Å². The molecule has 8 heteroatoms. The first kappa shape index (κ1) is 19.1. The Kier molecular flexibility index (Phi) is 6.64. The fourth-order valence-electron chi connectivity index (χ4n) is 2.61. The third-order valence-corrected chi connectivity index (χ3v) is 4.38. The van der Waals surface area contributed by atoms with Crippen molar-refractivity contribution in [2.75, 3.05) is 40.4 Å². The van der Waals surface area contributed by atoms with Crippen LogP contribution in [0.5, 0.6) is 5.75 Å². The Bertz CT molecular complexity index is 656. The molecule has 0 unspecified atom stereocenters. The van der Waals surface area contributed by atoms with Crippen LogP contribution >= 0.6 is 11.6 Å². The summed E-state index contributed by atoms with van der Waals surface area (Å²) in [7, 11) is 2.81. The van der Waals surface area contributed by atoms with Crippen molar-refractivity contribution < 1.29 is 23.9 Å². The Labute approximate surface area is 151 Å². The molecule has 1 aromatic rings. The number of piperazine rings is 1. The lowest BCUT2D eigenvalue weighted by atomic mass is 10.1. The number of hydrogen-bond acceptors (Lipinski definition) is 5. The minimum absolute atomic E-state index is 0.0683. The highest BCUT2D eigenvalue weighted by Gasteiger charge is 2.25. The summed E-state index contributed by atoms with van der Waals surface area (Å²) in [6.45, 7) is 1.75. The van der Waals surface area contributed by atoms with Crippen molar-refractivity contribution in [1.82, 2.24) is 9.80 Å². The van der Waals surface area contributed by atoms with Crippen LogP contribution in [0.1, 0.15) is 23.2 Å². The Balaban J connectivity index is 1.89. The first-order chi connectivity index (χ1) is 12.0. The predicted molar refractivity (Wildman–Crippen MR) is 91.7 cm³/mol. The van der Waals surface area contributed by atoms with E-state index in [9.17, 15) is 14.4 Å². The molecule has 1 aliphatic heterocycles. The summed E-state index contributed by atoms with van der Waals surface area (Å²) >= 11 is 6.06. The van der Waals surface area contributed by atoms with Crippen LogP contribution in [0.3, 0.4) is 0 Å². The van der Waals surface area contributed by atoms with Crippen LogP contribution in [0.4, 0.5) is 0 Å². The Morgan fingerprint density at radius 1 is 1.04 bits per heavy atom. The van der Waals surface area contributed by atoms with E-state index in [4.69, 9.17) is 16.3 Å². The molecule has 0 bridgehead atoms. The van der Waals surface area contributed by atoms with Crippen LogP contribution in [-0.4, -0.2) is 68.0 Å². The molecule has 0 atom stereocenters. The molecule has 2 amide bonds. The quantitative estimate of drug-likeness (QED) is 0.738. The molecular formula is C17H21ClN2O5. The maximum Gasteiger partial charge on any atom is 0.306 e. The van der Waals surface area contributed by atoms with Crippen molar-refractivity contribution in [3.05, 3.63) is 28.8 Å². The third kappa shape index (κ3) is 4.85. The van der Waals surface area contributed by atoms with E-state index < -0.39 is 5.97 Å². The molecule has 0 aliphatic carbocycles. The molecule has 1 aromatic carbocycles. The number of methoxy groups -OCH3 is 2. The summed E-state index contributed by atoms with van der Waals surface area (Å²) in [5.74, 6) is -0.131. The second-order valence-electron chi connectivity index (χ2n) is 5.60. The van der Waals surface area contributed by atoms with Gasteiger partial charge in [0.25, 0.3) is 5.91 Å². The maximum atomic E-state index is 12.5. The molecule has 0 aromatic heterocycles. The van der Waals surface area contributed by atoms with Gasteiger partial charge in [-0.3, -0.25) is 14.4 Å². The molecule has 1 fully saturated rings. The van der Waals surface area contributed by atoms with E-state index in [1.807, 2.05) is 0 Å². The minimum atomic E-state index is -0.404. The van der Waals surface area contributed by atoms with Gasteiger partial charge in [-0.15, -0.1) is 0 Å². The van der Waals surface area contributed by atoms with E-state index in [0.29, 0.717) is 42.5 Å². The zero-order valence-corrected chi connectivity index (χ0v) is 15.0. The molecule has 1 heterocycles. The SMILES string of the molecule is COC(=O)CCC(=O)N1CCN(C(=O)c2ccc(OC)c(Cl)c2)CC1. The monoisotopic (exact) mass is 368 g/mol. The standard InChI is InChI=1S/C17H21ClN2O5/c1-24-14-4-3-12(11-13(14)18)17(23)20-9-7-19(8-10-20)15(21)5-6-16(22)25-2/h3-4,11H,5-10H2,1-2H3. The average molecular weight is 369 g/mol. The van der Waals surface area contributed by atoms with E-state index in [1.54, 1.807) is 28.0 Å². The Hall–Kier alpha value is -2.28. The van der Waals surface area contributed by atoms with Crippen molar-refractivity contribution in [2.45, 2.75) is 12.8 Å². The Morgan fingerprint density at radius 3 is 2.24 bits per heavy atom. The number of esters is 1. The molecular weight excluding hydrogens is 348 g/mol. The molecule has 7 nitrogen and oxygen atoms in total. The van der Waals surface area contributed by atoms with E-state index in [-0.39, 0.29) is 24.7 Å². The number of amides is 2. The number of nitrogens with zero attached hydrogens (tertiary/aromatic N) is 2. The summed E-state index contributed by atoms with van der Waals surface area (Å²) in [6, 6.07) is 4.90. The number of rotatable bonds is 5. The lowest BCUT2D eigenvalue weighted by Crippen LogP contribution is -2.50.